The van der Waals surface area contributed by atoms with Gasteiger partial charge in [0.1, 0.15) is 6.07 Å². The third-order valence-corrected chi connectivity index (χ3v) is 5.38. The maximum Gasteiger partial charge on any atom is 0.241 e. The van der Waals surface area contributed by atoms with Crippen LogP contribution in [0.2, 0.25) is 0 Å². The van der Waals surface area contributed by atoms with E-state index in [4.69, 9.17) is 5.73 Å². The highest BCUT2D eigenvalue weighted by molar-refractivity contribution is 7.98. The molecule has 3 N–H and O–H groups in total. The molecule has 5 heteroatoms. The van der Waals surface area contributed by atoms with Crippen molar-refractivity contribution >= 4 is 23.4 Å². The average molecular weight is 388 g/mol. The molecule has 0 bridgehead atoms. The van der Waals surface area contributed by atoms with Crippen molar-refractivity contribution in [3.05, 3.63) is 95.6 Å². The first-order valence-electron chi connectivity index (χ1n) is 8.97. The van der Waals surface area contributed by atoms with Crippen LogP contribution in [0.4, 0.5) is 5.69 Å². The van der Waals surface area contributed by atoms with E-state index in [-0.39, 0.29) is 5.91 Å². The minimum Gasteiger partial charge on any atom is -0.325 e. The third-order valence-electron chi connectivity index (χ3n) is 4.24. The number of hydrogen-bond donors (Lipinski definition) is 2. The maximum atomic E-state index is 12.4. The molecule has 140 valence electrons. The molecule has 0 aliphatic rings. The van der Waals surface area contributed by atoms with Gasteiger partial charge in [0.2, 0.25) is 5.91 Å². The number of nitriles is 1. The fourth-order valence-electron chi connectivity index (χ4n) is 2.75. The van der Waals surface area contributed by atoms with Gasteiger partial charge in [0, 0.05) is 16.3 Å². The highest BCUT2D eigenvalue weighted by Crippen LogP contribution is 2.28. The molecule has 0 spiro atoms. The van der Waals surface area contributed by atoms with E-state index in [1.54, 1.807) is 23.9 Å². The number of anilines is 1. The summed E-state index contributed by atoms with van der Waals surface area (Å²) >= 11 is 1.60. The van der Waals surface area contributed by atoms with E-state index in [2.05, 4.69) is 23.5 Å². The van der Waals surface area contributed by atoms with Crippen molar-refractivity contribution in [1.82, 2.24) is 0 Å². The van der Waals surface area contributed by atoms with Crippen LogP contribution in [0.3, 0.4) is 0 Å². The number of thioether (sulfide) groups is 1. The van der Waals surface area contributed by atoms with Gasteiger partial charge in [0.05, 0.1) is 11.6 Å². The Labute approximate surface area is 169 Å². The van der Waals surface area contributed by atoms with E-state index in [1.165, 1.54) is 5.56 Å². The predicted molar refractivity (Wildman–Crippen MR) is 114 cm³/mol. The van der Waals surface area contributed by atoms with Crippen LogP contribution in [0.25, 0.3) is 0 Å². The van der Waals surface area contributed by atoms with E-state index >= 15 is 0 Å². The first-order chi connectivity index (χ1) is 13.7. The zero-order valence-corrected chi connectivity index (χ0v) is 16.2. The Morgan fingerprint density at radius 2 is 1.64 bits per heavy atom. The van der Waals surface area contributed by atoms with Crippen LogP contribution in [0.5, 0.6) is 0 Å². The number of benzene rings is 3. The Morgan fingerprint density at radius 1 is 1.00 bits per heavy atom. The van der Waals surface area contributed by atoms with Gasteiger partial charge in [-0.3, -0.25) is 4.79 Å². The minimum atomic E-state index is -0.653. The van der Waals surface area contributed by atoms with Gasteiger partial charge in [-0.15, -0.1) is 11.8 Å². The van der Waals surface area contributed by atoms with Crippen LogP contribution < -0.4 is 11.1 Å². The lowest BCUT2D eigenvalue weighted by atomic mass is 10.1. The Hall–Kier alpha value is -3.07. The van der Waals surface area contributed by atoms with Crippen molar-refractivity contribution in [3.63, 3.8) is 0 Å². The van der Waals surface area contributed by atoms with Gasteiger partial charge in [0.15, 0.2) is 0 Å². The molecule has 0 aliphatic heterocycles. The summed E-state index contributed by atoms with van der Waals surface area (Å²) in [4.78, 5) is 13.3. The fourth-order valence-corrected chi connectivity index (χ4v) is 3.69. The van der Waals surface area contributed by atoms with Crippen LogP contribution >= 0.6 is 11.8 Å². The summed E-state index contributed by atoms with van der Waals surface area (Å²) < 4.78 is 0. The smallest absolute Gasteiger partial charge is 0.241 e. The number of nitrogens with two attached hydrogens (primary N) is 1. The molecule has 3 rings (SSSR count). The number of nitrogens with one attached hydrogen (secondary N) is 1. The molecular formula is C23H21N3OS. The summed E-state index contributed by atoms with van der Waals surface area (Å²) in [5.41, 5.74) is 9.35. The van der Waals surface area contributed by atoms with Gasteiger partial charge < -0.3 is 11.1 Å². The summed E-state index contributed by atoms with van der Waals surface area (Å²) in [6.07, 6.45) is 0.461. The zero-order valence-electron chi connectivity index (χ0n) is 15.3. The highest BCUT2D eigenvalue weighted by atomic mass is 32.2. The largest absolute Gasteiger partial charge is 0.325 e. The normalized spacial score (nSPS) is 11.4. The number of rotatable bonds is 7. The van der Waals surface area contributed by atoms with E-state index in [0.717, 1.165) is 16.2 Å². The van der Waals surface area contributed by atoms with Gasteiger partial charge in [-0.05, 0) is 35.7 Å². The van der Waals surface area contributed by atoms with Gasteiger partial charge >= 0.3 is 0 Å². The number of carbonyl (C=O) groups is 1. The molecule has 1 atom stereocenters. The molecule has 0 radical (unpaired) electrons. The average Bonchev–Trinajstić information content (AvgIpc) is 2.74. The van der Waals surface area contributed by atoms with Crippen molar-refractivity contribution < 1.29 is 4.79 Å². The second kappa shape index (κ2) is 9.75. The van der Waals surface area contributed by atoms with Crippen LogP contribution in [-0.4, -0.2) is 11.9 Å². The molecule has 0 saturated heterocycles. The summed E-state index contributed by atoms with van der Waals surface area (Å²) in [7, 11) is 0. The lowest BCUT2D eigenvalue weighted by Gasteiger charge is -2.13. The summed E-state index contributed by atoms with van der Waals surface area (Å²) in [5.74, 6) is 0.515. The Morgan fingerprint density at radius 3 is 2.29 bits per heavy atom. The van der Waals surface area contributed by atoms with Crippen molar-refractivity contribution in [3.8, 4) is 6.07 Å². The number of carbonyl (C=O) groups excluding carboxylic acids is 1. The molecule has 3 aromatic carbocycles. The maximum absolute atomic E-state index is 12.4. The minimum absolute atomic E-state index is 0.266. The van der Waals surface area contributed by atoms with Gasteiger partial charge in [-0.2, -0.15) is 5.26 Å². The second-order valence-electron chi connectivity index (χ2n) is 6.38. The first kappa shape index (κ1) is 19.7. The highest BCUT2D eigenvalue weighted by Gasteiger charge is 2.15. The number of hydrogen-bond acceptors (Lipinski definition) is 4. The standard InChI is InChI=1S/C23H21N3OS/c24-15-19-14-20(11-12-22(19)28-16-18-9-5-2-6-10-18)26-23(27)21(25)13-17-7-3-1-4-8-17/h1-12,14,21H,13,16,25H2,(H,26,27)/t21-/m0/s1. The molecule has 0 heterocycles. The molecular weight excluding hydrogens is 366 g/mol. The molecule has 3 aromatic rings. The molecule has 28 heavy (non-hydrogen) atoms. The molecule has 0 aromatic heterocycles. The van der Waals surface area contributed by atoms with Crippen LogP contribution in [-0.2, 0) is 17.0 Å². The summed E-state index contributed by atoms with van der Waals surface area (Å²) in [6, 6.07) is 26.7. The van der Waals surface area contributed by atoms with Gasteiger partial charge in [-0.1, -0.05) is 60.7 Å². The Balaban J connectivity index is 1.63. The molecule has 0 aliphatic carbocycles. The SMILES string of the molecule is N#Cc1cc(NC(=O)[C@@H](N)Cc2ccccc2)ccc1SCc1ccccc1. The van der Waals surface area contributed by atoms with Crippen molar-refractivity contribution in [2.75, 3.05) is 5.32 Å². The van der Waals surface area contributed by atoms with Crippen molar-refractivity contribution in [1.29, 1.82) is 5.26 Å². The topological polar surface area (TPSA) is 78.9 Å². The quantitative estimate of drug-likeness (QED) is 0.591. The van der Waals surface area contributed by atoms with E-state index in [9.17, 15) is 10.1 Å². The van der Waals surface area contributed by atoms with E-state index in [1.807, 2.05) is 54.6 Å². The lowest BCUT2D eigenvalue weighted by molar-refractivity contribution is -0.117. The Bertz CT molecular complexity index is 968. The van der Waals surface area contributed by atoms with E-state index < -0.39 is 6.04 Å². The molecule has 4 nitrogen and oxygen atoms in total. The van der Waals surface area contributed by atoms with Crippen LogP contribution in [0, 0.1) is 11.3 Å². The van der Waals surface area contributed by atoms with Crippen LogP contribution in [0.15, 0.2) is 83.8 Å². The predicted octanol–water partition coefficient (Wildman–Crippen LogP) is 4.36. The fraction of sp³-hybridized carbons (Fsp3) is 0.130. The number of amides is 1. The second-order valence-corrected chi connectivity index (χ2v) is 7.40. The number of nitrogens with zero attached hydrogens (tertiary/aromatic N) is 1. The van der Waals surface area contributed by atoms with Crippen molar-refractivity contribution in [2.45, 2.75) is 23.1 Å². The third kappa shape index (κ3) is 5.46. The molecule has 0 saturated carbocycles. The van der Waals surface area contributed by atoms with Crippen molar-refractivity contribution in [2.24, 2.45) is 5.73 Å². The van der Waals surface area contributed by atoms with E-state index in [0.29, 0.717) is 17.7 Å². The summed E-state index contributed by atoms with van der Waals surface area (Å²) in [5, 5.41) is 12.3. The summed E-state index contributed by atoms with van der Waals surface area (Å²) in [6.45, 7) is 0. The lowest BCUT2D eigenvalue weighted by Crippen LogP contribution is -2.37. The molecule has 1 amide bonds. The Kier molecular flexibility index (Phi) is 6.85. The van der Waals surface area contributed by atoms with Gasteiger partial charge in [0.25, 0.3) is 0 Å². The van der Waals surface area contributed by atoms with Crippen LogP contribution in [0.1, 0.15) is 16.7 Å². The molecule has 0 fully saturated rings. The van der Waals surface area contributed by atoms with Gasteiger partial charge in [-0.25, -0.2) is 0 Å². The first-order valence-corrected chi connectivity index (χ1v) is 9.95. The monoisotopic (exact) mass is 387 g/mol. The zero-order chi connectivity index (χ0) is 19.8. The molecule has 0 unspecified atom stereocenters.